The Hall–Kier alpha value is -3.07. The van der Waals surface area contributed by atoms with Gasteiger partial charge < -0.3 is 5.32 Å². The number of pyridine rings is 1. The van der Waals surface area contributed by atoms with E-state index in [-0.39, 0.29) is 5.91 Å². The van der Waals surface area contributed by atoms with Crippen molar-refractivity contribution in [3.05, 3.63) is 88.6 Å². The van der Waals surface area contributed by atoms with E-state index in [0.29, 0.717) is 49.4 Å². The van der Waals surface area contributed by atoms with Gasteiger partial charge in [0.1, 0.15) is 11.1 Å². The summed E-state index contributed by atoms with van der Waals surface area (Å²) < 4.78 is 0. The van der Waals surface area contributed by atoms with Crippen LogP contribution in [0.5, 0.6) is 0 Å². The van der Waals surface area contributed by atoms with E-state index in [0.717, 1.165) is 5.56 Å². The van der Waals surface area contributed by atoms with E-state index in [1.165, 1.54) is 11.8 Å². The van der Waals surface area contributed by atoms with Crippen molar-refractivity contribution in [3.8, 4) is 17.2 Å². The summed E-state index contributed by atoms with van der Waals surface area (Å²) >= 11 is 7.63. The first-order chi connectivity index (χ1) is 14.5. The van der Waals surface area contributed by atoms with Crippen LogP contribution in [0.4, 0.5) is 5.69 Å². The molecule has 0 saturated carbocycles. The summed E-state index contributed by atoms with van der Waals surface area (Å²) in [4.78, 5) is 17.9. The fraction of sp³-hybridized carbons (Fsp3) is 0.125. The average molecular weight is 434 g/mol. The number of aryl methyl sites for hydroxylation is 2. The van der Waals surface area contributed by atoms with Crippen molar-refractivity contribution in [2.45, 2.75) is 18.9 Å². The third-order valence-electron chi connectivity index (χ3n) is 4.53. The lowest BCUT2D eigenvalue weighted by Gasteiger charge is -2.17. The molecule has 0 saturated heterocycles. The van der Waals surface area contributed by atoms with Crippen LogP contribution in [0.3, 0.4) is 0 Å². The zero-order chi connectivity index (χ0) is 21.7. The van der Waals surface area contributed by atoms with Gasteiger partial charge in [-0.25, -0.2) is 4.98 Å². The van der Waals surface area contributed by atoms with Crippen molar-refractivity contribution in [1.29, 1.82) is 5.26 Å². The number of carbonyl (C=O) groups is 1. The monoisotopic (exact) mass is 433 g/mol. The second-order valence-corrected chi connectivity index (χ2v) is 8.06. The van der Waals surface area contributed by atoms with Crippen molar-refractivity contribution in [1.82, 2.24) is 4.98 Å². The van der Waals surface area contributed by atoms with E-state index in [1.807, 2.05) is 37.3 Å². The topological polar surface area (TPSA) is 65.8 Å². The SMILES string of the molecule is C=CCSc1nc(C)c(C(=O)Nc2ccccc2C)c(-c2cccc(Cl)c2)c1C#N. The Kier molecular flexibility index (Phi) is 6.94. The maximum atomic E-state index is 13.3. The first kappa shape index (κ1) is 21.6. The molecule has 150 valence electrons. The number of hydrogen-bond donors (Lipinski definition) is 1. The van der Waals surface area contributed by atoms with Crippen molar-refractivity contribution in [2.75, 3.05) is 11.1 Å². The van der Waals surface area contributed by atoms with E-state index in [4.69, 9.17) is 11.6 Å². The predicted octanol–water partition coefficient (Wildman–Crippen LogP) is 6.42. The van der Waals surface area contributed by atoms with Gasteiger partial charge in [-0.1, -0.05) is 48.0 Å². The van der Waals surface area contributed by atoms with Crippen LogP contribution >= 0.6 is 23.4 Å². The van der Waals surface area contributed by atoms with Crippen molar-refractivity contribution >= 4 is 35.0 Å². The lowest BCUT2D eigenvalue weighted by Crippen LogP contribution is -2.17. The molecule has 1 aromatic heterocycles. The van der Waals surface area contributed by atoms with Gasteiger partial charge in [0, 0.05) is 22.0 Å². The van der Waals surface area contributed by atoms with Crippen LogP contribution in [0.2, 0.25) is 5.02 Å². The molecule has 30 heavy (non-hydrogen) atoms. The maximum Gasteiger partial charge on any atom is 0.258 e. The maximum absolute atomic E-state index is 13.3. The van der Waals surface area contributed by atoms with E-state index in [9.17, 15) is 10.1 Å². The Morgan fingerprint density at radius 3 is 2.70 bits per heavy atom. The van der Waals surface area contributed by atoms with Crippen molar-refractivity contribution in [3.63, 3.8) is 0 Å². The van der Waals surface area contributed by atoms with E-state index >= 15 is 0 Å². The molecule has 0 spiro atoms. The molecular formula is C24H20ClN3OS. The Labute approximate surface area is 185 Å². The summed E-state index contributed by atoms with van der Waals surface area (Å²) in [7, 11) is 0. The Morgan fingerprint density at radius 2 is 2.03 bits per heavy atom. The molecule has 1 heterocycles. The van der Waals surface area contributed by atoms with Gasteiger partial charge in [-0.3, -0.25) is 4.79 Å². The van der Waals surface area contributed by atoms with Crippen LogP contribution < -0.4 is 5.32 Å². The van der Waals surface area contributed by atoms with Crippen LogP contribution in [0.25, 0.3) is 11.1 Å². The lowest BCUT2D eigenvalue weighted by atomic mass is 9.94. The second kappa shape index (κ2) is 9.62. The van der Waals surface area contributed by atoms with Crippen LogP contribution in [-0.2, 0) is 0 Å². The standard InChI is InChI=1S/C24H20ClN3OS/c1-4-12-30-24-19(14-26)22(17-9-7-10-18(25)13-17)21(16(3)27-24)23(29)28-20-11-6-5-8-15(20)2/h4-11,13H,1,12H2,2-3H3,(H,28,29). The number of nitrogens with zero attached hydrogens (tertiary/aromatic N) is 2. The zero-order valence-electron chi connectivity index (χ0n) is 16.7. The van der Waals surface area contributed by atoms with Gasteiger partial charge >= 0.3 is 0 Å². The van der Waals surface area contributed by atoms with E-state index in [1.54, 1.807) is 31.2 Å². The number of nitrogens with one attached hydrogen (secondary N) is 1. The molecule has 0 aliphatic heterocycles. The molecular weight excluding hydrogens is 414 g/mol. The molecule has 1 amide bonds. The van der Waals surface area contributed by atoms with Gasteiger partial charge in [-0.2, -0.15) is 5.26 Å². The van der Waals surface area contributed by atoms with Gasteiger partial charge in [0.2, 0.25) is 0 Å². The largest absolute Gasteiger partial charge is 0.322 e. The van der Waals surface area contributed by atoms with E-state index in [2.05, 4.69) is 22.9 Å². The highest BCUT2D eigenvalue weighted by molar-refractivity contribution is 7.99. The highest BCUT2D eigenvalue weighted by Crippen LogP contribution is 2.36. The molecule has 2 aromatic carbocycles. The van der Waals surface area contributed by atoms with Crippen LogP contribution in [-0.4, -0.2) is 16.6 Å². The van der Waals surface area contributed by atoms with Gasteiger partial charge in [0.15, 0.2) is 0 Å². The first-order valence-electron chi connectivity index (χ1n) is 9.27. The quantitative estimate of drug-likeness (QED) is 0.359. The van der Waals surface area contributed by atoms with Gasteiger partial charge in [-0.15, -0.1) is 18.3 Å². The predicted molar refractivity (Wildman–Crippen MR) is 124 cm³/mol. The highest BCUT2D eigenvalue weighted by Gasteiger charge is 2.24. The van der Waals surface area contributed by atoms with Crippen LogP contribution in [0.1, 0.15) is 27.2 Å². The summed E-state index contributed by atoms with van der Waals surface area (Å²) in [5.74, 6) is 0.284. The van der Waals surface area contributed by atoms with Gasteiger partial charge in [-0.05, 0) is 43.2 Å². The number of amides is 1. The Balaban J connectivity index is 2.23. The third kappa shape index (κ3) is 4.56. The minimum atomic E-state index is -0.318. The number of carbonyl (C=O) groups excluding carboxylic acids is 1. The minimum absolute atomic E-state index is 0.318. The number of hydrogen-bond acceptors (Lipinski definition) is 4. The van der Waals surface area contributed by atoms with E-state index < -0.39 is 0 Å². The molecule has 3 aromatic rings. The summed E-state index contributed by atoms with van der Waals surface area (Å²) in [6, 6.07) is 16.9. The molecule has 0 aliphatic carbocycles. The number of thioether (sulfide) groups is 1. The number of nitriles is 1. The molecule has 4 nitrogen and oxygen atoms in total. The Morgan fingerprint density at radius 1 is 1.27 bits per heavy atom. The minimum Gasteiger partial charge on any atom is -0.322 e. The number of benzene rings is 2. The smallest absolute Gasteiger partial charge is 0.258 e. The van der Waals surface area contributed by atoms with Crippen molar-refractivity contribution in [2.24, 2.45) is 0 Å². The number of aromatic nitrogens is 1. The van der Waals surface area contributed by atoms with Crippen molar-refractivity contribution < 1.29 is 4.79 Å². The summed E-state index contributed by atoms with van der Waals surface area (Å²) in [6.07, 6.45) is 1.75. The Bertz CT molecular complexity index is 1170. The zero-order valence-corrected chi connectivity index (χ0v) is 18.3. The van der Waals surface area contributed by atoms with Crippen LogP contribution in [0.15, 0.2) is 66.2 Å². The highest BCUT2D eigenvalue weighted by atomic mass is 35.5. The van der Waals surface area contributed by atoms with Crippen LogP contribution in [0, 0.1) is 25.2 Å². The molecule has 3 rings (SSSR count). The summed E-state index contributed by atoms with van der Waals surface area (Å²) in [5.41, 5.74) is 4.14. The molecule has 0 atom stereocenters. The molecule has 0 bridgehead atoms. The first-order valence-corrected chi connectivity index (χ1v) is 10.6. The number of rotatable bonds is 6. The molecule has 0 radical (unpaired) electrons. The normalized spacial score (nSPS) is 10.3. The van der Waals surface area contributed by atoms with Gasteiger partial charge in [0.25, 0.3) is 5.91 Å². The molecule has 1 N–H and O–H groups in total. The fourth-order valence-corrected chi connectivity index (χ4v) is 4.09. The second-order valence-electron chi connectivity index (χ2n) is 6.62. The fourth-order valence-electron chi connectivity index (χ4n) is 3.13. The molecule has 6 heteroatoms. The summed E-state index contributed by atoms with van der Waals surface area (Å²) in [5, 5.41) is 14.0. The average Bonchev–Trinajstić information content (AvgIpc) is 2.73. The van der Waals surface area contributed by atoms with Gasteiger partial charge in [0.05, 0.1) is 16.8 Å². The molecule has 0 fully saturated rings. The number of anilines is 1. The summed E-state index contributed by atoms with van der Waals surface area (Å²) in [6.45, 7) is 7.44. The lowest BCUT2D eigenvalue weighted by molar-refractivity contribution is 0.102. The molecule has 0 unspecified atom stereocenters. The number of halogens is 1. The number of para-hydroxylation sites is 1. The molecule has 0 aliphatic rings. The third-order valence-corrected chi connectivity index (χ3v) is 5.73.